The van der Waals surface area contributed by atoms with Crippen LogP contribution in [0.2, 0.25) is 0 Å². The van der Waals surface area contributed by atoms with E-state index in [4.69, 9.17) is 0 Å². The van der Waals surface area contributed by atoms with Crippen LogP contribution in [0.5, 0.6) is 0 Å². The molecular weight excluding hydrogens is 296 g/mol. The molecule has 1 N–H and O–H groups in total. The molecule has 0 saturated carbocycles. The summed E-state index contributed by atoms with van der Waals surface area (Å²) in [6.07, 6.45) is 2.06. The van der Waals surface area contributed by atoms with Crippen molar-refractivity contribution < 1.29 is 4.79 Å². The van der Waals surface area contributed by atoms with Gasteiger partial charge in [0.2, 0.25) is 5.91 Å². The van der Waals surface area contributed by atoms with Gasteiger partial charge in [0.15, 0.2) is 0 Å². The third-order valence-corrected chi connectivity index (χ3v) is 4.67. The minimum absolute atomic E-state index is 0.180. The summed E-state index contributed by atoms with van der Waals surface area (Å²) < 4.78 is 2.07. The van der Waals surface area contributed by atoms with E-state index < -0.39 is 0 Å². The number of benzene rings is 1. The largest absolute Gasteiger partial charge is 0.336 e. The average molecular weight is 318 g/mol. The van der Waals surface area contributed by atoms with Crippen LogP contribution >= 0.6 is 11.8 Å². The highest BCUT2D eigenvalue weighted by Crippen LogP contribution is 2.19. The predicted octanol–water partition coefficient (Wildman–Crippen LogP) is 1.72. The van der Waals surface area contributed by atoms with E-state index in [1.807, 2.05) is 29.2 Å². The minimum atomic E-state index is 0.180. The van der Waals surface area contributed by atoms with Crippen LogP contribution in [0.3, 0.4) is 0 Å². The Labute approximate surface area is 135 Å². The fourth-order valence-corrected chi connectivity index (χ4v) is 3.46. The van der Waals surface area contributed by atoms with Crippen molar-refractivity contribution in [2.75, 3.05) is 25.9 Å². The van der Waals surface area contributed by atoms with E-state index in [0.717, 1.165) is 42.2 Å². The molecule has 0 spiro atoms. The van der Waals surface area contributed by atoms with Crippen LogP contribution < -0.4 is 5.32 Å². The second-order valence-electron chi connectivity index (χ2n) is 5.68. The fraction of sp³-hybridized carbons (Fsp3) is 0.500. The van der Waals surface area contributed by atoms with Crippen molar-refractivity contribution in [3.05, 3.63) is 30.1 Å². The van der Waals surface area contributed by atoms with Gasteiger partial charge in [-0.3, -0.25) is 4.79 Å². The first-order valence-corrected chi connectivity index (χ1v) is 9.03. The number of rotatable bonds is 4. The van der Waals surface area contributed by atoms with E-state index in [1.165, 1.54) is 0 Å². The number of aromatic nitrogens is 2. The van der Waals surface area contributed by atoms with Crippen LogP contribution in [0, 0.1) is 0 Å². The number of carbonyl (C=O) groups excluding carboxylic acids is 1. The highest BCUT2D eigenvalue weighted by atomic mass is 32.2. The summed E-state index contributed by atoms with van der Waals surface area (Å²) in [5, 5.41) is 3.32. The predicted molar refractivity (Wildman–Crippen MR) is 91.0 cm³/mol. The van der Waals surface area contributed by atoms with Crippen molar-refractivity contribution in [2.24, 2.45) is 0 Å². The minimum Gasteiger partial charge on any atom is -0.336 e. The number of fused-ring (bicyclic) bond motifs is 1. The van der Waals surface area contributed by atoms with Gasteiger partial charge in [0.25, 0.3) is 0 Å². The van der Waals surface area contributed by atoms with Crippen LogP contribution in [0.25, 0.3) is 11.0 Å². The maximum Gasteiger partial charge on any atom is 0.242 e. The molecule has 1 aromatic carbocycles. The molecule has 118 valence electrons. The summed E-state index contributed by atoms with van der Waals surface area (Å²) in [6.45, 7) is 5.00. The van der Waals surface area contributed by atoms with E-state index >= 15 is 0 Å². The van der Waals surface area contributed by atoms with Gasteiger partial charge in [-0.05, 0) is 25.3 Å². The zero-order chi connectivity index (χ0) is 15.5. The Morgan fingerprint density at radius 3 is 3.05 bits per heavy atom. The lowest BCUT2D eigenvalue weighted by atomic mass is 10.2. The number of nitrogens with zero attached hydrogens (tertiary/aromatic N) is 3. The molecule has 5 nitrogen and oxygen atoms in total. The topological polar surface area (TPSA) is 50.2 Å². The van der Waals surface area contributed by atoms with Gasteiger partial charge in [-0.25, -0.2) is 4.98 Å². The first-order chi connectivity index (χ1) is 10.7. The highest BCUT2D eigenvalue weighted by molar-refractivity contribution is 7.97. The molecule has 1 atom stereocenters. The second-order valence-corrected chi connectivity index (χ2v) is 6.54. The molecular formula is C16H22N4OS. The van der Waals surface area contributed by atoms with Gasteiger partial charge in [0.1, 0.15) is 12.4 Å². The number of carbonyl (C=O) groups is 1. The lowest BCUT2D eigenvalue weighted by molar-refractivity contribution is -0.134. The van der Waals surface area contributed by atoms with Crippen LogP contribution in [0.4, 0.5) is 0 Å². The molecule has 1 saturated heterocycles. The Bertz CT molecular complexity index is 669. The molecule has 1 fully saturated rings. The Balaban J connectivity index is 1.88. The third kappa shape index (κ3) is 2.98. The second kappa shape index (κ2) is 6.71. The Kier molecular flexibility index (Phi) is 4.69. The molecule has 6 heteroatoms. The van der Waals surface area contributed by atoms with Crippen LogP contribution in [0.15, 0.2) is 24.3 Å². The van der Waals surface area contributed by atoms with E-state index in [1.54, 1.807) is 11.8 Å². The third-order valence-electron chi connectivity index (χ3n) is 4.12. The average Bonchev–Trinajstić information content (AvgIpc) is 2.86. The summed E-state index contributed by atoms with van der Waals surface area (Å²) in [6, 6.07) is 8.29. The molecule has 1 aliphatic heterocycles. The normalized spacial score (nSPS) is 18.8. The number of imidazole rings is 1. The number of thioether (sulfide) groups is 1. The standard InChI is InChI=1S/C16H22N4OS/c1-12-9-17-7-8-19(12)16(21)10-20-14-6-4-3-5-13(14)18-15(20)11-22-2/h3-6,12,17H,7-11H2,1-2H3. The number of hydrogen-bond donors (Lipinski definition) is 1. The molecule has 1 unspecified atom stereocenters. The summed E-state index contributed by atoms with van der Waals surface area (Å²) in [4.78, 5) is 19.4. The van der Waals surface area contributed by atoms with Crippen LogP contribution in [-0.4, -0.2) is 52.3 Å². The Morgan fingerprint density at radius 2 is 2.27 bits per heavy atom. The molecule has 1 amide bonds. The van der Waals surface area contributed by atoms with E-state index in [-0.39, 0.29) is 11.9 Å². The zero-order valence-electron chi connectivity index (χ0n) is 13.1. The van der Waals surface area contributed by atoms with Crippen molar-refractivity contribution in [1.29, 1.82) is 0 Å². The zero-order valence-corrected chi connectivity index (χ0v) is 13.9. The van der Waals surface area contributed by atoms with E-state index in [0.29, 0.717) is 6.54 Å². The fourth-order valence-electron chi connectivity index (χ4n) is 2.98. The quantitative estimate of drug-likeness (QED) is 0.932. The van der Waals surface area contributed by atoms with Crippen molar-refractivity contribution in [3.63, 3.8) is 0 Å². The van der Waals surface area contributed by atoms with Gasteiger partial charge in [0.05, 0.1) is 16.8 Å². The van der Waals surface area contributed by atoms with Gasteiger partial charge >= 0.3 is 0 Å². The van der Waals surface area contributed by atoms with Gasteiger partial charge in [-0.1, -0.05) is 12.1 Å². The van der Waals surface area contributed by atoms with Gasteiger partial charge < -0.3 is 14.8 Å². The number of amides is 1. The van der Waals surface area contributed by atoms with Crippen molar-refractivity contribution >= 4 is 28.7 Å². The monoisotopic (exact) mass is 318 g/mol. The maximum atomic E-state index is 12.7. The number of nitrogens with one attached hydrogen (secondary N) is 1. The molecule has 22 heavy (non-hydrogen) atoms. The summed E-state index contributed by atoms with van der Waals surface area (Å²) in [7, 11) is 0. The Morgan fingerprint density at radius 1 is 1.45 bits per heavy atom. The molecule has 2 aromatic rings. The molecule has 1 aliphatic rings. The van der Waals surface area contributed by atoms with Crippen molar-refractivity contribution in [3.8, 4) is 0 Å². The van der Waals surface area contributed by atoms with E-state index in [9.17, 15) is 4.79 Å². The lowest BCUT2D eigenvalue weighted by Crippen LogP contribution is -2.53. The molecule has 1 aromatic heterocycles. The van der Waals surface area contributed by atoms with Crippen LogP contribution in [-0.2, 0) is 17.1 Å². The number of hydrogen-bond acceptors (Lipinski definition) is 4. The molecule has 0 bridgehead atoms. The molecule has 0 aliphatic carbocycles. The Hall–Kier alpha value is -1.53. The first kappa shape index (κ1) is 15.4. The summed E-state index contributed by atoms with van der Waals surface area (Å²) >= 11 is 1.73. The van der Waals surface area contributed by atoms with Gasteiger partial charge in [-0.15, -0.1) is 0 Å². The summed E-state index contributed by atoms with van der Waals surface area (Å²) in [5.74, 6) is 1.98. The SMILES string of the molecule is CSCc1nc2ccccc2n1CC(=O)N1CCNCC1C. The highest BCUT2D eigenvalue weighted by Gasteiger charge is 2.24. The number of piperazine rings is 1. The molecule has 0 radical (unpaired) electrons. The van der Waals surface area contributed by atoms with E-state index in [2.05, 4.69) is 28.0 Å². The van der Waals surface area contributed by atoms with Gasteiger partial charge in [0, 0.05) is 25.7 Å². The van der Waals surface area contributed by atoms with Gasteiger partial charge in [-0.2, -0.15) is 11.8 Å². The molecule has 2 heterocycles. The molecule has 3 rings (SSSR count). The maximum absolute atomic E-state index is 12.7. The van der Waals surface area contributed by atoms with Crippen LogP contribution in [0.1, 0.15) is 12.7 Å². The van der Waals surface area contributed by atoms with Crippen molar-refractivity contribution in [2.45, 2.75) is 25.3 Å². The smallest absolute Gasteiger partial charge is 0.242 e. The lowest BCUT2D eigenvalue weighted by Gasteiger charge is -2.34. The number of para-hydroxylation sites is 2. The van der Waals surface area contributed by atoms with Crippen molar-refractivity contribution in [1.82, 2.24) is 19.8 Å². The summed E-state index contributed by atoms with van der Waals surface area (Å²) in [5.41, 5.74) is 2.01. The first-order valence-electron chi connectivity index (χ1n) is 7.64.